The molecule has 0 aromatic heterocycles. The van der Waals surface area contributed by atoms with Gasteiger partial charge in [0.25, 0.3) is 0 Å². The first-order valence-electron chi connectivity index (χ1n) is 10.3. The molecule has 0 spiro atoms. The second-order valence-corrected chi connectivity index (χ2v) is 9.77. The Morgan fingerprint density at radius 2 is 1.86 bits per heavy atom. The van der Waals surface area contributed by atoms with Gasteiger partial charge >= 0.3 is 0 Å². The monoisotopic (exact) mass is 426 g/mol. The van der Waals surface area contributed by atoms with Crippen molar-refractivity contribution in [1.82, 2.24) is 10.2 Å². The van der Waals surface area contributed by atoms with E-state index in [2.05, 4.69) is 5.32 Å². The second-order valence-electron chi connectivity index (χ2n) is 7.59. The molecule has 1 aliphatic rings. The highest BCUT2D eigenvalue weighted by Gasteiger charge is 2.29. The zero-order chi connectivity index (χ0) is 21.3. The van der Waals surface area contributed by atoms with E-state index in [4.69, 9.17) is 0 Å². The van der Waals surface area contributed by atoms with Crippen LogP contribution in [-0.2, 0) is 25.8 Å². The second kappa shape index (κ2) is 11.3. The van der Waals surface area contributed by atoms with E-state index in [1.165, 1.54) is 6.07 Å². The zero-order valence-corrected chi connectivity index (χ0v) is 17.8. The minimum Gasteiger partial charge on any atom is -0.356 e. The van der Waals surface area contributed by atoms with E-state index in [1.807, 2.05) is 6.92 Å². The van der Waals surface area contributed by atoms with E-state index >= 15 is 0 Å². The number of benzene rings is 1. The summed E-state index contributed by atoms with van der Waals surface area (Å²) in [6.45, 7) is 3.12. The molecule has 0 radical (unpaired) electrons. The largest absolute Gasteiger partial charge is 0.356 e. The summed E-state index contributed by atoms with van der Waals surface area (Å²) in [5.74, 6) is -1.36. The van der Waals surface area contributed by atoms with Crippen LogP contribution < -0.4 is 5.32 Å². The SMILES string of the molecule is CCCCCS(=O)(=O)CC(=O)N1CCC(C(=O)NCCc2ccccc2F)CC1. The topological polar surface area (TPSA) is 83.6 Å². The number of hydrogen-bond acceptors (Lipinski definition) is 4. The van der Waals surface area contributed by atoms with Gasteiger partial charge in [-0.3, -0.25) is 9.59 Å². The molecular weight excluding hydrogens is 395 g/mol. The summed E-state index contributed by atoms with van der Waals surface area (Å²) in [4.78, 5) is 26.2. The quantitative estimate of drug-likeness (QED) is 0.582. The van der Waals surface area contributed by atoms with Gasteiger partial charge < -0.3 is 10.2 Å². The van der Waals surface area contributed by atoms with Crippen LogP contribution in [0.2, 0.25) is 0 Å². The number of unbranched alkanes of at least 4 members (excludes halogenated alkanes) is 2. The Morgan fingerprint density at radius 3 is 2.52 bits per heavy atom. The van der Waals surface area contributed by atoms with Crippen molar-refractivity contribution in [3.8, 4) is 0 Å². The average Bonchev–Trinajstić information content (AvgIpc) is 2.69. The third-order valence-corrected chi connectivity index (χ3v) is 6.87. The summed E-state index contributed by atoms with van der Waals surface area (Å²) < 4.78 is 37.7. The molecule has 1 saturated heterocycles. The van der Waals surface area contributed by atoms with Gasteiger partial charge in [-0.05, 0) is 37.3 Å². The van der Waals surface area contributed by atoms with Crippen molar-refractivity contribution < 1.29 is 22.4 Å². The first-order valence-corrected chi connectivity index (χ1v) is 12.1. The molecule has 6 nitrogen and oxygen atoms in total. The van der Waals surface area contributed by atoms with Crippen LogP contribution in [0.5, 0.6) is 0 Å². The molecule has 0 aliphatic carbocycles. The first kappa shape index (κ1) is 23.3. The summed E-state index contributed by atoms with van der Waals surface area (Å²) in [7, 11) is -3.38. The molecule has 162 valence electrons. The summed E-state index contributed by atoms with van der Waals surface area (Å²) in [5.41, 5.74) is 0.563. The fourth-order valence-electron chi connectivity index (χ4n) is 3.48. The van der Waals surface area contributed by atoms with E-state index in [1.54, 1.807) is 23.1 Å². The number of piperidine rings is 1. The molecule has 1 heterocycles. The van der Waals surface area contributed by atoms with Crippen molar-refractivity contribution in [3.63, 3.8) is 0 Å². The summed E-state index contributed by atoms with van der Waals surface area (Å²) in [6.07, 6.45) is 3.79. The maximum Gasteiger partial charge on any atom is 0.237 e. The smallest absolute Gasteiger partial charge is 0.237 e. The molecule has 29 heavy (non-hydrogen) atoms. The van der Waals surface area contributed by atoms with Gasteiger partial charge in [0.1, 0.15) is 11.6 Å². The van der Waals surface area contributed by atoms with Gasteiger partial charge in [-0.15, -0.1) is 0 Å². The Morgan fingerprint density at radius 1 is 1.17 bits per heavy atom. The highest BCUT2D eigenvalue weighted by molar-refractivity contribution is 7.92. The molecule has 2 amide bonds. The lowest BCUT2D eigenvalue weighted by Crippen LogP contribution is -2.45. The molecule has 0 unspecified atom stereocenters. The van der Waals surface area contributed by atoms with Crippen LogP contribution in [0.15, 0.2) is 24.3 Å². The van der Waals surface area contributed by atoms with Gasteiger partial charge in [0.05, 0.1) is 5.75 Å². The Bertz CT molecular complexity index is 790. The number of carbonyl (C=O) groups is 2. The van der Waals surface area contributed by atoms with E-state index in [0.29, 0.717) is 50.9 Å². The summed E-state index contributed by atoms with van der Waals surface area (Å²) in [6, 6.07) is 6.48. The number of likely N-dealkylation sites (tertiary alicyclic amines) is 1. The average molecular weight is 427 g/mol. The van der Waals surface area contributed by atoms with Crippen LogP contribution in [0.4, 0.5) is 4.39 Å². The van der Waals surface area contributed by atoms with E-state index in [-0.39, 0.29) is 29.3 Å². The number of nitrogens with one attached hydrogen (secondary N) is 1. The number of rotatable bonds is 10. The summed E-state index contributed by atoms with van der Waals surface area (Å²) in [5, 5.41) is 2.83. The Hall–Kier alpha value is -1.96. The van der Waals surface area contributed by atoms with Crippen LogP contribution in [0.1, 0.15) is 44.6 Å². The molecule has 0 saturated carbocycles. The standard InChI is InChI=1S/C21H31FN2O4S/c1-2-3-6-15-29(27,28)16-20(25)24-13-10-18(11-14-24)21(26)23-12-9-17-7-4-5-8-19(17)22/h4-5,7-8,18H,2-3,6,9-16H2,1H3,(H,23,26). The minimum atomic E-state index is -3.38. The van der Waals surface area contributed by atoms with Gasteiger partial charge in [-0.2, -0.15) is 0 Å². The molecule has 0 bridgehead atoms. The van der Waals surface area contributed by atoms with Gasteiger partial charge in [-0.25, -0.2) is 12.8 Å². The molecule has 1 fully saturated rings. The van der Waals surface area contributed by atoms with E-state index in [9.17, 15) is 22.4 Å². The van der Waals surface area contributed by atoms with Crippen molar-refractivity contribution >= 4 is 21.7 Å². The van der Waals surface area contributed by atoms with Gasteiger partial charge in [0.15, 0.2) is 9.84 Å². The van der Waals surface area contributed by atoms with Gasteiger partial charge in [0.2, 0.25) is 11.8 Å². The van der Waals surface area contributed by atoms with E-state index < -0.39 is 15.6 Å². The molecule has 8 heteroatoms. The maximum absolute atomic E-state index is 13.6. The molecule has 0 atom stereocenters. The number of sulfone groups is 1. The van der Waals surface area contributed by atoms with Crippen LogP contribution in [0.25, 0.3) is 0 Å². The van der Waals surface area contributed by atoms with Crippen molar-refractivity contribution in [1.29, 1.82) is 0 Å². The zero-order valence-electron chi connectivity index (χ0n) is 17.0. The lowest BCUT2D eigenvalue weighted by Gasteiger charge is -2.31. The number of halogens is 1. The number of amides is 2. The molecule has 1 aromatic rings. The molecule has 1 aromatic carbocycles. The van der Waals surface area contributed by atoms with Crippen LogP contribution in [0.3, 0.4) is 0 Å². The fraction of sp³-hybridized carbons (Fsp3) is 0.619. The Kier molecular flexibility index (Phi) is 9.07. The third-order valence-electron chi connectivity index (χ3n) is 5.27. The Labute approximate surface area is 172 Å². The highest BCUT2D eigenvalue weighted by Crippen LogP contribution is 2.18. The molecular formula is C21H31FN2O4S. The Balaban J connectivity index is 1.71. The fourth-order valence-corrected chi connectivity index (χ4v) is 4.83. The third kappa shape index (κ3) is 7.76. The minimum absolute atomic E-state index is 0.0491. The molecule has 1 aliphatic heterocycles. The van der Waals surface area contributed by atoms with Crippen LogP contribution in [0, 0.1) is 11.7 Å². The number of carbonyl (C=O) groups excluding carboxylic acids is 2. The molecule has 2 rings (SSSR count). The highest BCUT2D eigenvalue weighted by atomic mass is 32.2. The predicted octanol–water partition coefficient (Wildman–Crippen LogP) is 2.33. The van der Waals surface area contributed by atoms with E-state index in [0.717, 1.165) is 12.8 Å². The number of hydrogen-bond donors (Lipinski definition) is 1. The van der Waals surface area contributed by atoms with Crippen molar-refractivity contribution in [2.24, 2.45) is 5.92 Å². The first-order chi connectivity index (χ1) is 13.8. The van der Waals surface area contributed by atoms with Crippen molar-refractivity contribution in [2.45, 2.75) is 45.4 Å². The van der Waals surface area contributed by atoms with Crippen LogP contribution >= 0.6 is 0 Å². The summed E-state index contributed by atoms with van der Waals surface area (Å²) >= 11 is 0. The normalized spacial score (nSPS) is 15.3. The van der Waals surface area contributed by atoms with Gasteiger partial charge in [0, 0.05) is 25.6 Å². The lowest BCUT2D eigenvalue weighted by molar-refractivity contribution is -0.133. The predicted molar refractivity (Wildman–Crippen MR) is 111 cm³/mol. The molecule has 1 N–H and O–H groups in total. The van der Waals surface area contributed by atoms with Crippen molar-refractivity contribution in [3.05, 3.63) is 35.6 Å². The number of nitrogens with zero attached hydrogens (tertiary/aromatic N) is 1. The van der Waals surface area contributed by atoms with Gasteiger partial charge in [-0.1, -0.05) is 38.0 Å². The van der Waals surface area contributed by atoms with Crippen molar-refractivity contribution in [2.75, 3.05) is 31.1 Å². The lowest BCUT2D eigenvalue weighted by atomic mass is 9.96. The van der Waals surface area contributed by atoms with Crippen LogP contribution in [-0.4, -0.2) is 56.3 Å². The maximum atomic E-state index is 13.6.